The number of amides is 1. The minimum atomic E-state index is 0.196. The number of nitrogens with one attached hydrogen (secondary N) is 1. The summed E-state index contributed by atoms with van der Waals surface area (Å²) in [5.41, 5.74) is 0. The average Bonchev–Trinajstić information content (AvgIpc) is 2.45. The van der Waals surface area contributed by atoms with Crippen LogP contribution in [0, 0.1) is 11.8 Å². The van der Waals surface area contributed by atoms with Crippen LogP contribution in [-0.4, -0.2) is 50.7 Å². The number of hydrogen-bond donors (Lipinski definition) is 1. The number of methoxy groups -OCH3 is 1. The highest BCUT2D eigenvalue weighted by Gasteiger charge is 2.20. The SMILES string of the molecule is CCC(CC)C(=O)NCC1CCN(CCOC)CC1. The molecule has 1 heterocycles. The van der Waals surface area contributed by atoms with Gasteiger partial charge in [-0.2, -0.15) is 0 Å². The number of nitrogens with zero attached hydrogens (tertiary/aromatic N) is 1. The first-order chi connectivity index (χ1) is 9.21. The number of rotatable bonds is 8. The monoisotopic (exact) mass is 270 g/mol. The Hall–Kier alpha value is -0.610. The lowest BCUT2D eigenvalue weighted by atomic mass is 9.96. The van der Waals surface area contributed by atoms with Crippen LogP contribution in [0.15, 0.2) is 0 Å². The number of piperidine rings is 1. The van der Waals surface area contributed by atoms with Crippen molar-refractivity contribution in [2.75, 3.05) is 39.9 Å². The molecule has 0 radical (unpaired) electrons. The fourth-order valence-electron chi connectivity index (χ4n) is 2.68. The van der Waals surface area contributed by atoms with E-state index in [-0.39, 0.29) is 11.8 Å². The highest BCUT2D eigenvalue weighted by atomic mass is 16.5. The number of ether oxygens (including phenoxy) is 1. The summed E-state index contributed by atoms with van der Waals surface area (Å²) in [6, 6.07) is 0. The van der Waals surface area contributed by atoms with Gasteiger partial charge in [0.2, 0.25) is 5.91 Å². The van der Waals surface area contributed by atoms with Crippen molar-refractivity contribution in [2.45, 2.75) is 39.5 Å². The minimum Gasteiger partial charge on any atom is -0.383 e. The standard InChI is InChI=1S/C15H30N2O2/c1-4-14(5-2)15(18)16-12-13-6-8-17(9-7-13)10-11-19-3/h13-14H,4-12H2,1-3H3,(H,16,18). The maximum absolute atomic E-state index is 11.9. The molecular weight excluding hydrogens is 240 g/mol. The molecule has 1 aliphatic rings. The molecule has 0 unspecified atom stereocenters. The van der Waals surface area contributed by atoms with Crippen LogP contribution in [0.3, 0.4) is 0 Å². The van der Waals surface area contributed by atoms with E-state index >= 15 is 0 Å². The molecule has 0 saturated carbocycles. The molecule has 1 rings (SSSR count). The predicted molar refractivity (Wildman–Crippen MR) is 78.1 cm³/mol. The third-order valence-electron chi connectivity index (χ3n) is 4.24. The van der Waals surface area contributed by atoms with E-state index in [0.29, 0.717) is 5.92 Å². The quantitative estimate of drug-likeness (QED) is 0.732. The largest absolute Gasteiger partial charge is 0.383 e. The molecule has 0 bridgehead atoms. The molecule has 0 aliphatic carbocycles. The Balaban J connectivity index is 2.17. The summed E-state index contributed by atoms with van der Waals surface area (Å²) in [5.74, 6) is 1.09. The molecule has 4 heteroatoms. The smallest absolute Gasteiger partial charge is 0.223 e. The van der Waals surface area contributed by atoms with Gasteiger partial charge in [0.25, 0.3) is 0 Å². The van der Waals surface area contributed by atoms with E-state index in [2.05, 4.69) is 24.1 Å². The molecule has 112 valence electrons. The van der Waals surface area contributed by atoms with Crippen LogP contribution >= 0.6 is 0 Å². The minimum absolute atomic E-state index is 0.196. The van der Waals surface area contributed by atoms with Crippen molar-refractivity contribution in [1.29, 1.82) is 0 Å². The number of likely N-dealkylation sites (tertiary alicyclic amines) is 1. The third-order valence-corrected chi connectivity index (χ3v) is 4.24. The summed E-state index contributed by atoms with van der Waals surface area (Å²) in [7, 11) is 1.75. The van der Waals surface area contributed by atoms with Crippen LogP contribution in [0.1, 0.15) is 39.5 Å². The lowest BCUT2D eigenvalue weighted by molar-refractivity contribution is -0.125. The van der Waals surface area contributed by atoms with Crippen LogP contribution < -0.4 is 5.32 Å². The van der Waals surface area contributed by atoms with Gasteiger partial charge in [-0.05, 0) is 44.7 Å². The van der Waals surface area contributed by atoms with Crippen molar-refractivity contribution in [1.82, 2.24) is 10.2 Å². The molecule has 0 aromatic carbocycles. The summed E-state index contributed by atoms with van der Waals surface area (Å²) >= 11 is 0. The summed E-state index contributed by atoms with van der Waals surface area (Å²) in [5, 5.41) is 3.13. The zero-order chi connectivity index (χ0) is 14.1. The molecule has 1 amide bonds. The van der Waals surface area contributed by atoms with Crippen molar-refractivity contribution in [3.8, 4) is 0 Å². The van der Waals surface area contributed by atoms with E-state index in [1.165, 1.54) is 12.8 Å². The van der Waals surface area contributed by atoms with E-state index in [1.807, 2.05) is 0 Å². The Labute approximate surface area is 117 Å². The number of hydrogen-bond acceptors (Lipinski definition) is 3. The van der Waals surface area contributed by atoms with E-state index in [1.54, 1.807) is 7.11 Å². The summed E-state index contributed by atoms with van der Waals surface area (Å²) < 4.78 is 5.10. The van der Waals surface area contributed by atoms with E-state index in [4.69, 9.17) is 4.74 Å². The highest BCUT2D eigenvalue weighted by molar-refractivity contribution is 5.78. The molecule has 0 aromatic heterocycles. The van der Waals surface area contributed by atoms with Gasteiger partial charge >= 0.3 is 0 Å². The fourth-order valence-corrected chi connectivity index (χ4v) is 2.68. The van der Waals surface area contributed by atoms with Crippen molar-refractivity contribution in [3.05, 3.63) is 0 Å². The van der Waals surface area contributed by atoms with Gasteiger partial charge in [0.1, 0.15) is 0 Å². The maximum atomic E-state index is 11.9. The topological polar surface area (TPSA) is 41.6 Å². The molecule has 0 atom stereocenters. The second-order valence-electron chi connectivity index (χ2n) is 5.54. The number of carbonyl (C=O) groups is 1. The molecule has 1 fully saturated rings. The zero-order valence-corrected chi connectivity index (χ0v) is 12.8. The second-order valence-corrected chi connectivity index (χ2v) is 5.54. The Bertz CT molecular complexity index is 247. The van der Waals surface area contributed by atoms with Crippen LogP contribution in [0.2, 0.25) is 0 Å². The molecule has 1 N–H and O–H groups in total. The van der Waals surface area contributed by atoms with Gasteiger partial charge in [0, 0.05) is 26.1 Å². The summed E-state index contributed by atoms with van der Waals surface area (Å²) in [6.45, 7) is 9.14. The zero-order valence-electron chi connectivity index (χ0n) is 12.8. The highest BCUT2D eigenvalue weighted by Crippen LogP contribution is 2.16. The van der Waals surface area contributed by atoms with Crippen molar-refractivity contribution in [3.63, 3.8) is 0 Å². The van der Waals surface area contributed by atoms with Crippen molar-refractivity contribution < 1.29 is 9.53 Å². The Morgan fingerprint density at radius 1 is 1.32 bits per heavy atom. The van der Waals surface area contributed by atoms with Crippen LogP contribution in [0.5, 0.6) is 0 Å². The second kappa shape index (κ2) is 9.32. The van der Waals surface area contributed by atoms with Gasteiger partial charge in [0.05, 0.1) is 6.61 Å². The molecule has 0 aromatic rings. The first-order valence-corrected chi connectivity index (χ1v) is 7.70. The van der Waals surface area contributed by atoms with Crippen LogP contribution in [0.4, 0.5) is 0 Å². The molecule has 0 spiro atoms. The predicted octanol–water partition coefficient (Wildman–Crippen LogP) is 1.90. The average molecular weight is 270 g/mol. The first kappa shape index (κ1) is 16.4. The van der Waals surface area contributed by atoms with E-state index < -0.39 is 0 Å². The van der Waals surface area contributed by atoms with Gasteiger partial charge in [-0.25, -0.2) is 0 Å². The van der Waals surface area contributed by atoms with E-state index in [9.17, 15) is 4.79 Å². The van der Waals surface area contributed by atoms with Crippen molar-refractivity contribution >= 4 is 5.91 Å². The summed E-state index contributed by atoms with van der Waals surface area (Å²) in [6.07, 6.45) is 4.26. The van der Waals surface area contributed by atoms with Gasteiger partial charge in [-0.3, -0.25) is 4.79 Å². The van der Waals surface area contributed by atoms with Gasteiger partial charge < -0.3 is 15.0 Å². The van der Waals surface area contributed by atoms with Gasteiger partial charge in [-0.15, -0.1) is 0 Å². The Morgan fingerprint density at radius 3 is 2.47 bits per heavy atom. The number of carbonyl (C=O) groups excluding carboxylic acids is 1. The lowest BCUT2D eigenvalue weighted by Gasteiger charge is -2.32. The van der Waals surface area contributed by atoms with Gasteiger partial charge in [0.15, 0.2) is 0 Å². The van der Waals surface area contributed by atoms with Crippen LogP contribution in [-0.2, 0) is 9.53 Å². The third kappa shape index (κ3) is 5.91. The normalized spacial score (nSPS) is 17.9. The Morgan fingerprint density at radius 2 is 1.95 bits per heavy atom. The van der Waals surface area contributed by atoms with Crippen LogP contribution in [0.25, 0.3) is 0 Å². The summed E-state index contributed by atoms with van der Waals surface area (Å²) in [4.78, 5) is 14.4. The van der Waals surface area contributed by atoms with Gasteiger partial charge in [-0.1, -0.05) is 13.8 Å². The molecule has 4 nitrogen and oxygen atoms in total. The molecule has 19 heavy (non-hydrogen) atoms. The molecule has 1 aliphatic heterocycles. The van der Waals surface area contributed by atoms with E-state index in [0.717, 1.165) is 45.6 Å². The molecule has 1 saturated heterocycles. The fraction of sp³-hybridized carbons (Fsp3) is 0.933. The Kier molecular flexibility index (Phi) is 8.07. The maximum Gasteiger partial charge on any atom is 0.223 e. The molecular formula is C15H30N2O2. The lowest BCUT2D eigenvalue weighted by Crippen LogP contribution is -2.41. The first-order valence-electron chi connectivity index (χ1n) is 7.70. The van der Waals surface area contributed by atoms with Crippen molar-refractivity contribution in [2.24, 2.45) is 11.8 Å².